The van der Waals surface area contributed by atoms with E-state index in [0.29, 0.717) is 13.1 Å². The van der Waals surface area contributed by atoms with E-state index in [1.165, 1.54) is 5.56 Å². The van der Waals surface area contributed by atoms with Crippen molar-refractivity contribution in [1.82, 2.24) is 15.1 Å². The molecule has 1 heterocycles. The number of hydrogen-bond donors (Lipinski definition) is 1. The van der Waals surface area contributed by atoms with Crippen molar-refractivity contribution in [2.45, 2.75) is 25.4 Å². The van der Waals surface area contributed by atoms with Crippen LogP contribution in [0.1, 0.15) is 18.4 Å². The molecule has 2 amide bonds. The second-order valence-corrected chi connectivity index (χ2v) is 6.76. The Kier molecular flexibility index (Phi) is 4.78. The first-order valence-corrected chi connectivity index (χ1v) is 8.48. The Balaban J connectivity index is 1.48. The quantitative estimate of drug-likeness (QED) is 0.823. The van der Waals surface area contributed by atoms with Crippen molar-refractivity contribution in [3.05, 3.63) is 34.3 Å². The predicted octanol–water partition coefficient (Wildman–Crippen LogP) is 1.37. The second kappa shape index (κ2) is 6.79. The molecule has 22 heavy (non-hydrogen) atoms. The van der Waals surface area contributed by atoms with Gasteiger partial charge in [0.2, 0.25) is 0 Å². The molecular formula is C16H20BrN3O2. The molecule has 1 aromatic carbocycles. The van der Waals surface area contributed by atoms with Crippen LogP contribution >= 0.6 is 15.9 Å². The van der Waals surface area contributed by atoms with E-state index in [1.54, 1.807) is 4.90 Å². The number of carbonyl (C=O) groups excluding carboxylic acids is 2. The fourth-order valence-electron chi connectivity index (χ4n) is 2.60. The number of rotatable bonds is 3. The van der Waals surface area contributed by atoms with Gasteiger partial charge in [0, 0.05) is 43.2 Å². The second-order valence-electron chi connectivity index (χ2n) is 5.91. The number of nitrogens with zero attached hydrogens (tertiary/aromatic N) is 2. The Hall–Kier alpha value is -1.40. The molecule has 0 aromatic heterocycles. The van der Waals surface area contributed by atoms with Crippen LogP contribution in [0.5, 0.6) is 0 Å². The molecule has 118 valence electrons. The van der Waals surface area contributed by atoms with Gasteiger partial charge in [0.25, 0.3) is 0 Å². The number of carbonyl (C=O) groups is 2. The normalized spacial score (nSPS) is 19.0. The summed E-state index contributed by atoms with van der Waals surface area (Å²) < 4.78 is 1.11. The van der Waals surface area contributed by atoms with Gasteiger partial charge in [0.1, 0.15) is 0 Å². The standard InChI is InChI=1S/C16H20BrN3O2/c17-14-4-2-1-3-12(14)11-19-7-9-20(10-8-19)16(22)15(21)18-13-5-6-13/h1-4,13H,5-11H2,(H,18,21). The van der Waals surface area contributed by atoms with Gasteiger partial charge in [-0.15, -0.1) is 0 Å². The van der Waals surface area contributed by atoms with Crippen molar-refractivity contribution in [2.75, 3.05) is 26.2 Å². The zero-order valence-corrected chi connectivity index (χ0v) is 14.0. The molecule has 1 N–H and O–H groups in total. The summed E-state index contributed by atoms with van der Waals surface area (Å²) in [5.41, 5.74) is 1.24. The highest BCUT2D eigenvalue weighted by Crippen LogP contribution is 2.19. The summed E-state index contributed by atoms with van der Waals surface area (Å²) in [6.45, 7) is 3.67. The Morgan fingerprint density at radius 3 is 2.45 bits per heavy atom. The zero-order valence-electron chi connectivity index (χ0n) is 12.4. The number of piperazine rings is 1. The van der Waals surface area contributed by atoms with E-state index < -0.39 is 5.91 Å². The summed E-state index contributed by atoms with van der Waals surface area (Å²) in [6, 6.07) is 8.40. The van der Waals surface area contributed by atoms with Crippen LogP contribution in [0.4, 0.5) is 0 Å². The molecule has 0 radical (unpaired) electrons. The molecule has 0 atom stereocenters. The third-order valence-electron chi connectivity index (χ3n) is 4.12. The van der Waals surface area contributed by atoms with E-state index in [2.05, 4.69) is 32.2 Å². The SMILES string of the molecule is O=C(NC1CC1)C(=O)N1CCN(Cc2ccccc2Br)CC1. The van der Waals surface area contributed by atoms with Crippen LogP contribution in [0.3, 0.4) is 0 Å². The molecule has 1 aliphatic carbocycles. The van der Waals surface area contributed by atoms with Crippen LogP contribution in [0.2, 0.25) is 0 Å². The highest BCUT2D eigenvalue weighted by atomic mass is 79.9. The maximum absolute atomic E-state index is 12.1. The van der Waals surface area contributed by atoms with Crippen molar-refractivity contribution < 1.29 is 9.59 Å². The summed E-state index contributed by atoms with van der Waals surface area (Å²) in [5.74, 6) is -0.825. The lowest BCUT2D eigenvalue weighted by atomic mass is 10.2. The van der Waals surface area contributed by atoms with Crippen LogP contribution in [0, 0.1) is 0 Å². The van der Waals surface area contributed by atoms with E-state index in [-0.39, 0.29) is 11.9 Å². The first-order valence-electron chi connectivity index (χ1n) is 7.69. The fraction of sp³-hybridized carbons (Fsp3) is 0.500. The molecule has 1 aromatic rings. The molecule has 2 fully saturated rings. The average molecular weight is 366 g/mol. The maximum Gasteiger partial charge on any atom is 0.311 e. The van der Waals surface area contributed by atoms with E-state index in [1.807, 2.05) is 18.2 Å². The molecule has 0 bridgehead atoms. The Bertz CT molecular complexity index is 566. The number of amides is 2. The van der Waals surface area contributed by atoms with Crippen LogP contribution in [0.15, 0.2) is 28.7 Å². The summed E-state index contributed by atoms with van der Waals surface area (Å²) in [6.07, 6.45) is 2.00. The van der Waals surface area contributed by atoms with E-state index in [0.717, 1.165) is 36.9 Å². The zero-order chi connectivity index (χ0) is 15.5. The summed E-state index contributed by atoms with van der Waals surface area (Å²) in [7, 11) is 0. The van der Waals surface area contributed by atoms with Gasteiger partial charge >= 0.3 is 11.8 Å². The molecule has 1 aliphatic heterocycles. The molecule has 0 spiro atoms. The Morgan fingerprint density at radius 2 is 1.82 bits per heavy atom. The smallest absolute Gasteiger partial charge is 0.311 e. The fourth-order valence-corrected chi connectivity index (χ4v) is 3.01. The van der Waals surface area contributed by atoms with Crippen molar-refractivity contribution in [1.29, 1.82) is 0 Å². The average Bonchev–Trinajstić information content (AvgIpc) is 3.33. The molecule has 0 unspecified atom stereocenters. The molecule has 6 heteroatoms. The van der Waals surface area contributed by atoms with Crippen molar-refractivity contribution in [2.24, 2.45) is 0 Å². The van der Waals surface area contributed by atoms with Crippen molar-refractivity contribution in [3.8, 4) is 0 Å². The lowest BCUT2D eigenvalue weighted by Gasteiger charge is -2.34. The Morgan fingerprint density at radius 1 is 1.14 bits per heavy atom. The van der Waals surface area contributed by atoms with E-state index in [4.69, 9.17) is 0 Å². The number of halogens is 1. The summed E-state index contributed by atoms with van der Waals surface area (Å²) in [5, 5.41) is 2.76. The molecule has 5 nitrogen and oxygen atoms in total. The third kappa shape index (κ3) is 3.87. The summed E-state index contributed by atoms with van der Waals surface area (Å²) >= 11 is 3.56. The van der Waals surface area contributed by atoms with Gasteiger partial charge in [-0.1, -0.05) is 34.1 Å². The lowest BCUT2D eigenvalue weighted by molar-refractivity contribution is -0.147. The number of benzene rings is 1. The summed E-state index contributed by atoms with van der Waals surface area (Å²) in [4.78, 5) is 27.8. The van der Waals surface area contributed by atoms with Gasteiger partial charge in [-0.25, -0.2) is 0 Å². The predicted molar refractivity (Wildman–Crippen MR) is 87.2 cm³/mol. The number of hydrogen-bond acceptors (Lipinski definition) is 3. The minimum atomic E-state index is -0.443. The molecule has 3 rings (SSSR count). The van der Waals surface area contributed by atoms with Crippen LogP contribution in [-0.4, -0.2) is 53.8 Å². The van der Waals surface area contributed by atoms with Crippen molar-refractivity contribution >= 4 is 27.7 Å². The van der Waals surface area contributed by atoms with Crippen LogP contribution < -0.4 is 5.32 Å². The van der Waals surface area contributed by atoms with E-state index >= 15 is 0 Å². The van der Waals surface area contributed by atoms with Gasteiger partial charge in [-0.2, -0.15) is 0 Å². The van der Waals surface area contributed by atoms with Gasteiger partial charge in [-0.3, -0.25) is 14.5 Å². The van der Waals surface area contributed by atoms with Crippen LogP contribution in [0.25, 0.3) is 0 Å². The van der Waals surface area contributed by atoms with Gasteiger partial charge in [-0.05, 0) is 24.5 Å². The third-order valence-corrected chi connectivity index (χ3v) is 4.89. The van der Waals surface area contributed by atoms with Crippen LogP contribution in [-0.2, 0) is 16.1 Å². The molecular weight excluding hydrogens is 346 g/mol. The number of nitrogens with one attached hydrogen (secondary N) is 1. The van der Waals surface area contributed by atoms with Gasteiger partial charge in [0.15, 0.2) is 0 Å². The van der Waals surface area contributed by atoms with Gasteiger partial charge < -0.3 is 10.2 Å². The minimum absolute atomic E-state index is 0.230. The lowest BCUT2D eigenvalue weighted by Crippen LogP contribution is -2.52. The topological polar surface area (TPSA) is 52.7 Å². The first kappa shape index (κ1) is 15.5. The maximum atomic E-state index is 12.1. The van der Waals surface area contributed by atoms with Gasteiger partial charge in [0.05, 0.1) is 0 Å². The monoisotopic (exact) mass is 365 g/mol. The Labute approximate surface area is 138 Å². The highest BCUT2D eigenvalue weighted by Gasteiger charge is 2.30. The first-order chi connectivity index (χ1) is 10.6. The van der Waals surface area contributed by atoms with E-state index in [9.17, 15) is 9.59 Å². The van der Waals surface area contributed by atoms with Crippen molar-refractivity contribution in [3.63, 3.8) is 0 Å². The molecule has 1 saturated carbocycles. The minimum Gasteiger partial charge on any atom is -0.345 e. The molecule has 2 aliphatic rings. The largest absolute Gasteiger partial charge is 0.345 e. The highest BCUT2D eigenvalue weighted by molar-refractivity contribution is 9.10. The molecule has 1 saturated heterocycles.